The third-order valence-corrected chi connectivity index (χ3v) is 5.60. The predicted octanol–water partition coefficient (Wildman–Crippen LogP) is 4.11. The van der Waals surface area contributed by atoms with Gasteiger partial charge in [0, 0.05) is 37.4 Å². The lowest BCUT2D eigenvalue weighted by Gasteiger charge is -2.29. The molecule has 3 heteroatoms. The van der Waals surface area contributed by atoms with Crippen LogP contribution in [0.25, 0.3) is 0 Å². The lowest BCUT2D eigenvalue weighted by Crippen LogP contribution is -2.40. The van der Waals surface area contributed by atoms with Crippen LogP contribution in [0.2, 0.25) is 0 Å². The Morgan fingerprint density at radius 2 is 1.81 bits per heavy atom. The molecule has 26 heavy (non-hydrogen) atoms. The van der Waals surface area contributed by atoms with Crippen molar-refractivity contribution in [2.24, 2.45) is 0 Å². The van der Waals surface area contributed by atoms with Crippen LogP contribution in [0, 0.1) is 0 Å². The molecule has 0 amide bonds. The number of hydrogen-bond acceptors (Lipinski definition) is 3. The second-order valence-electron chi connectivity index (χ2n) is 7.55. The summed E-state index contributed by atoms with van der Waals surface area (Å²) in [5.41, 5.74) is 4.28. The highest BCUT2D eigenvalue weighted by Crippen LogP contribution is 2.32. The van der Waals surface area contributed by atoms with Crippen LogP contribution in [0.15, 0.2) is 54.6 Å². The van der Waals surface area contributed by atoms with E-state index in [0.717, 1.165) is 26.1 Å². The zero-order chi connectivity index (χ0) is 18.4. The van der Waals surface area contributed by atoms with E-state index in [0.29, 0.717) is 12.1 Å². The first-order chi connectivity index (χ1) is 12.7. The number of rotatable bonds is 7. The minimum absolute atomic E-state index is 0.445. The van der Waals surface area contributed by atoms with Gasteiger partial charge in [0.05, 0.1) is 0 Å². The van der Waals surface area contributed by atoms with Gasteiger partial charge in [-0.15, -0.1) is 0 Å². The quantitative estimate of drug-likeness (QED) is 0.810. The van der Waals surface area contributed by atoms with Crippen LogP contribution >= 0.6 is 0 Å². The molecule has 1 N–H and O–H groups in total. The Kier molecular flexibility index (Phi) is 6.70. The Labute approximate surface area is 159 Å². The van der Waals surface area contributed by atoms with Crippen molar-refractivity contribution in [3.8, 4) is 0 Å². The van der Waals surface area contributed by atoms with Gasteiger partial charge in [0.15, 0.2) is 0 Å². The fourth-order valence-corrected chi connectivity index (χ4v) is 3.97. The van der Waals surface area contributed by atoms with E-state index in [1.165, 1.54) is 29.7 Å². The van der Waals surface area contributed by atoms with E-state index in [9.17, 15) is 0 Å². The van der Waals surface area contributed by atoms with Crippen LogP contribution < -0.4 is 10.2 Å². The molecule has 2 atom stereocenters. The van der Waals surface area contributed by atoms with Crippen molar-refractivity contribution in [3.63, 3.8) is 0 Å². The lowest BCUT2D eigenvalue weighted by molar-refractivity contribution is 0.271. The summed E-state index contributed by atoms with van der Waals surface area (Å²) in [4.78, 5) is 4.87. The van der Waals surface area contributed by atoms with Gasteiger partial charge in [0.1, 0.15) is 0 Å². The van der Waals surface area contributed by atoms with Crippen LogP contribution in [0.1, 0.15) is 36.9 Å². The van der Waals surface area contributed by atoms with Crippen LogP contribution in [0.3, 0.4) is 0 Å². The topological polar surface area (TPSA) is 18.5 Å². The summed E-state index contributed by atoms with van der Waals surface area (Å²) >= 11 is 0. The first kappa shape index (κ1) is 18.9. The van der Waals surface area contributed by atoms with E-state index < -0.39 is 0 Å². The Hall–Kier alpha value is -1.84. The molecule has 2 aromatic carbocycles. The maximum atomic E-state index is 3.90. The van der Waals surface area contributed by atoms with E-state index in [4.69, 9.17) is 0 Å². The van der Waals surface area contributed by atoms with E-state index in [1.807, 2.05) is 0 Å². The lowest BCUT2D eigenvalue weighted by atomic mass is 10.00. The maximum absolute atomic E-state index is 3.90. The average Bonchev–Trinajstić information content (AvgIpc) is 2.85. The number of nitrogens with zero attached hydrogens (tertiary/aromatic N) is 2. The fraction of sp³-hybridized carbons (Fsp3) is 0.478. The van der Waals surface area contributed by atoms with Gasteiger partial charge in [0.25, 0.3) is 0 Å². The van der Waals surface area contributed by atoms with Crippen LogP contribution in [-0.2, 0) is 6.42 Å². The monoisotopic (exact) mass is 351 g/mol. The van der Waals surface area contributed by atoms with Crippen molar-refractivity contribution in [1.82, 2.24) is 10.2 Å². The second kappa shape index (κ2) is 9.20. The normalized spacial score (nSPS) is 18.5. The third-order valence-electron chi connectivity index (χ3n) is 5.60. The zero-order valence-corrected chi connectivity index (χ0v) is 16.5. The van der Waals surface area contributed by atoms with Crippen LogP contribution in [0.5, 0.6) is 0 Å². The largest absolute Gasteiger partial charge is 0.372 e. The molecule has 1 aliphatic heterocycles. The molecule has 3 rings (SSSR count). The first-order valence-electron chi connectivity index (χ1n) is 9.96. The van der Waals surface area contributed by atoms with Crippen molar-refractivity contribution in [3.05, 3.63) is 65.7 Å². The molecule has 0 bridgehead atoms. The number of para-hydroxylation sites is 1. The van der Waals surface area contributed by atoms with Crippen molar-refractivity contribution in [1.29, 1.82) is 0 Å². The highest BCUT2D eigenvalue weighted by Gasteiger charge is 2.23. The molecule has 1 heterocycles. The van der Waals surface area contributed by atoms with Gasteiger partial charge in [-0.3, -0.25) is 0 Å². The molecule has 0 aromatic heterocycles. The zero-order valence-electron chi connectivity index (χ0n) is 16.5. The Morgan fingerprint density at radius 3 is 2.54 bits per heavy atom. The fourth-order valence-electron chi connectivity index (χ4n) is 3.97. The molecular formula is C23H33N3. The third kappa shape index (κ3) is 4.66. The van der Waals surface area contributed by atoms with Crippen molar-refractivity contribution in [2.75, 3.05) is 38.6 Å². The van der Waals surface area contributed by atoms with Crippen molar-refractivity contribution < 1.29 is 0 Å². The van der Waals surface area contributed by atoms with Gasteiger partial charge in [0.2, 0.25) is 0 Å². The van der Waals surface area contributed by atoms with E-state index in [2.05, 4.69) is 90.7 Å². The second-order valence-corrected chi connectivity index (χ2v) is 7.55. The molecule has 0 radical (unpaired) electrons. The van der Waals surface area contributed by atoms with Crippen molar-refractivity contribution in [2.45, 2.75) is 38.3 Å². The van der Waals surface area contributed by atoms with Gasteiger partial charge in [-0.2, -0.15) is 0 Å². The number of hydrogen-bond donors (Lipinski definition) is 1. The highest BCUT2D eigenvalue weighted by atomic mass is 15.1. The molecule has 3 nitrogen and oxygen atoms in total. The first-order valence-corrected chi connectivity index (χ1v) is 9.96. The van der Waals surface area contributed by atoms with Gasteiger partial charge in [-0.05, 0) is 57.5 Å². The van der Waals surface area contributed by atoms with Gasteiger partial charge in [-0.25, -0.2) is 0 Å². The summed E-state index contributed by atoms with van der Waals surface area (Å²) < 4.78 is 0. The Bertz CT molecular complexity index is 668. The van der Waals surface area contributed by atoms with E-state index in [-0.39, 0.29) is 0 Å². The van der Waals surface area contributed by atoms with Gasteiger partial charge < -0.3 is 15.1 Å². The molecule has 0 aliphatic carbocycles. The smallest absolute Gasteiger partial charge is 0.0414 e. The molecule has 1 aliphatic rings. The summed E-state index contributed by atoms with van der Waals surface area (Å²) in [7, 11) is 4.38. The Balaban J connectivity index is 1.70. The molecular weight excluding hydrogens is 318 g/mol. The average molecular weight is 352 g/mol. The predicted molar refractivity (Wildman–Crippen MR) is 112 cm³/mol. The molecule has 2 unspecified atom stereocenters. The van der Waals surface area contributed by atoms with E-state index in [1.54, 1.807) is 0 Å². The standard InChI is InChI=1S/C23H33N3/c1-4-26-16-10-14-22(21-13-8-9-15-23(21)26)24-18-20(25(2)3)17-19-11-6-5-7-12-19/h5-9,11-13,15,20,22,24H,4,10,14,16-18H2,1-3H3. The number of nitrogens with one attached hydrogen (secondary N) is 1. The molecule has 0 saturated heterocycles. The number of benzene rings is 2. The summed E-state index contributed by atoms with van der Waals surface area (Å²) in [5, 5.41) is 3.90. The molecule has 2 aromatic rings. The summed E-state index contributed by atoms with van der Waals surface area (Å²) in [6, 6.07) is 20.7. The summed E-state index contributed by atoms with van der Waals surface area (Å²) in [6.45, 7) is 5.50. The summed E-state index contributed by atoms with van der Waals surface area (Å²) in [6.07, 6.45) is 3.53. The Morgan fingerprint density at radius 1 is 1.08 bits per heavy atom. The van der Waals surface area contributed by atoms with Crippen LogP contribution in [-0.4, -0.2) is 44.7 Å². The summed E-state index contributed by atoms with van der Waals surface area (Å²) in [5.74, 6) is 0. The molecule has 0 spiro atoms. The van der Waals surface area contributed by atoms with Gasteiger partial charge >= 0.3 is 0 Å². The van der Waals surface area contributed by atoms with E-state index >= 15 is 0 Å². The van der Waals surface area contributed by atoms with Crippen LogP contribution in [0.4, 0.5) is 5.69 Å². The molecule has 0 saturated carbocycles. The molecule has 0 fully saturated rings. The van der Waals surface area contributed by atoms with Crippen molar-refractivity contribution >= 4 is 5.69 Å². The SMILES string of the molecule is CCN1CCCC(NCC(Cc2ccccc2)N(C)C)c2ccccc21. The minimum Gasteiger partial charge on any atom is -0.372 e. The molecule has 140 valence electrons. The van der Waals surface area contributed by atoms with Gasteiger partial charge in [-0.1, -0.05) is 48.5 Å². The maximum Gasteiger partial charge on any atom is 0.0414 e. The number of fused-ring (bicyclic) bond motifs is 1. The minimum atomic E-state index is 0.445. The number of anilines is 1. The number of likely N-dealkylation sites (N-methyl/N-ethyl adjacent to an activating group) is 1. The highest BCUT2D eigenvalue weighted by molar-refractivity contribution is 5.55.